The summed E-state index contributed by atoms with van der Waals surface area (Å²) in [6.07, 6.45) is 4.04. The monoisotopic (exact) mass is 518 g/mol. The van der Waals surface area contributed by atoms with Crippen LogP contribution < -0.4 is 10.5 Å². The van der Waals surface area contributed by atoms with Gasteiger partial charge in [0.25, 0.3) is 11.5 Å². The van der Waals surface area contributed by atoms with Crippen LogP contribution >= 0.6 is 11.6 Å². The predicted octanol–water partition coefficient (Wildman–Crippen LogP) is 4.32. The van der Waals surface area contributed by atoms with Crippen molar-refractivity contribution >= 4 is 28.9 Å². The van der Waals surface area contributed by atoms with E-state index in [2.05, 4.69) is 15.1 Å². The molecule has 4 heterocycles. The number of hydrogen-bond acceptors (Lipinski definition) is 6. The Morgan fingerprint density at radius 3 is 2.65 bits per heavy atom. The number of hydrogen-bond donors (Lipinski definition) is 2. The molecule has 190 valence electrons. The number of benzene rings is 1. The van der Waals surface area contributed by atoms with Gasteiger partial charge in [-0.15, -0.1) is 0 Å². The van der Waals surface area contributed by atoms with Gasteiger partial charge in [0.1, 0.15) is 16.9 Å². The number of anilines is 2. The summed E-state index contributed by atoms with van der Waals surface area (Å²) in [5.74, 6) is -0.868. The summed E-state index contributed by atoms with van der Waals surface area (Å²) < 4.78 is 1.61. The molecule has 1 aromatic carbocycles. The molecule has 1 amide bonds. The largest absolute Gasteiger partial charge is 0.505 e. The Morgan fingerprint density at radius 2 is 2.00 bits per heavy atom. The average Bonchev–Trinajstić information content (AvgIpc) is 3.56. The van der Waals surface area contributed by atoms with Crippen molar-refractivity contribution in [2.75, 3.05) is 24.5 Å². The number of aromatic nitrogens is 4. The second-order valence-electron chi connectivity index (χ2n) is 8.99. The fourth-order valence-corrected chi connectivity index (χ4v) is 4.94. The maximum atomic E-state index is 13.6. The molecule has 1 aliphatic rings. The van der Waals surface area contributed by atoms with Crippen LogP contribution in [0.1, 0.15) is 35.3 Å². The molecule has 10 heteroatoms. The molecule has 2 N–H and O–H groups in total. The van der Waals surface area contributed by atoms with E-state index in [1.54, 1.807) is 41.2 Å². The molecule has 0 aliphatic carbocycles. The molecule has 1 saturated heterocycles. The number of aryl methyl sites for hydroxylation is 1. The van der Waals surface area contributed by atoms with Crippen LogP contribution in [-0.4, -0.2) is 55.3 Å². The summed E-state index contributed by atoms with van der Waals surface area (Å²) in [6, 6.07) is 14.9. The minimum Gasteiger partial charge on any atom is -0.505 e. The first-order valence-electron chi connectivity index (χ1n) is 12.1. The zero-order chi connectivity index (χ0) is 26.1. The van der Waals surface area contributed by atoms with Crippen molar-refractivity contribution in [3.63, 3.8) is 0 Å². The highest BCUT2D eigenvalue weighted by molar-refractivity contribution is 6.30. The Kier molecular flexibility index (Phi) is 6.71. The smallest absolute Gasteiger partial charge is 0.265 e. The minimum atomic E-state index is -0.663. The van der Waals surface area contributed by atoms with Crippen LogP contribution in [0.5, 0.6) is 5.75 Å². The first-order chi connectivity index (χ1) is 17.9. The molecule has 1 aliphatic heterocycles. The van der Waals surface area contributed by atoms with Crippen LogP contribution in [0.3, 0.4) is 0 Å². The number of carbonyl (C=O) groups is 1. The lowest BCUT2D eigenvalue weighted by Gasteiger charge is -2.27. The highest BCUT2D eigenvalue weighted by Gasteiger charge is 2.34. The van der Waals surface area contributed by atoms with E-state index in [0.29, 0.717) is 48.2 Å². The van der Waals surface area contributed by atoms with Gasteiger partial charge in [-0.25, -0.2) is 0 Å². The molecular weight excluding hydrogens is 492 g/mol. The highest BCUT2D eigenvalue weighted by atomic mass is 35.5. The van der Waals surface area contributed by atoms with E-state index in [-0.39, 0.29) is 17.2 Å². The standard InChI is InChI=1S/C27H27ClN6O3/c1-3-34(19-7-5-4-6-8-19)24-23(21-12-13-32(2)31-21)30-26(36)22(25(24)35)27(37)33-14-11-17(16-33)20-10-9-18(28)15-29-20/h4-10,12-13,15,17H,3,11,14,16H2,1-2H3,(H2,30,35,36). The van der Waals surface area contributed by atoms with Crippen LogP contribution in [0.2, 0.25) is 5.02 Å². The molecule has 4 aromatic rings. The molecule has 0 spiro atoms. The minimum absolute atomic E-state index is 0.0196. The lowest BCUT2D eigenvalue weighted by Crippen LogP contribution is -2.34. The first kappa shape index (κ1) is 24.6. The maximum Gasteiger partial charge on any atom is 0.265 e. The van der Waals surface area contributed by atoms with E-state index in [0.717, 1.165) is 11.4 Å². The van der Waals surface area contributed by atoms with Crippen LogP contribution in [0.15, 0.2) is 65.7 Å². The molecule has 5 rings (SSSR count). The first-order valence-corrected chi connectivity index (χ1v) is 12.5. The zero-order valence-electron chi connectivity index (χ0n) is 20.6. The zero-order valence-corrected chi connectivity index (χ0v) is 21.3. The fourth-order valence-electron chi connectivity index (χ4n) is 4.83. The van der Waals surface area contributed by atoms with Gasteiger partial charge in [-0.1, -0.05) is 29.8 Å². The number of carbonyl (C=O) groups excluding carboxylic acids is 1. The Morgan fingerprint density at radius 1 is 1.22 bits per heavy atom. The van der Waals surface area contributed by atoms with Crippen LogP contribution in [0, 0.1) is 0 Å². The third kappa shape index (κ3) is 4.70. The molecule has 0 radical (unpaired) electrons. The number of pyridine rings is 2. The molecule has 1 unspecified atom stereocenters. The SMILES string of the molecule is CCN(c1ccccc1)c1c(-c2ccn(C)n2)[nH]c(=O)c(C(=O)N2CCC(c3ccc(Cl)cn3)C2)c1O. The summed E-state index contributed by atoms with van der Waals surface area (Å²) in [6.45, 7) is 3.25. The normalized spacial score (nSPS) is 15.2. The lowest BCUT2D eigenvalue weighted by atomic mass is 10.0. The van der Waals surface area contributed by atoms with Crippen LogP contribution in [0.4, 0.5) is 11.4 Å². The van der Waals surface area contributed by atoms with Crippen molar-refractivity contribution in [3.8, 4) is 17.1 Å². The molecule has 0 bridgehead atoms. The topological polar surface area (TPSA) is 107 Å². The summed E-state index contributed by atoms with van der Waals surface area (Å²) in [7, 11) is 1.77. The van der Waals surface area contributed by atoms with Crippen molar-refractivity contribution in [2.45, 2.75) is 19.3 Å². The van der Waals surface area contributed by atoms with Crippen molar-refractivity contribution in [3.05, 3.63) is 87.6 Å². The number of likely N-dealkylation sites (tertiary alicyclic amines) is 1. The maximum absolute atomic E-state index is 13.6. The molecular formula is C27H27ClN6O3. The van der Waals surface area contributed by atoms with Crippen LogP contribution in [-0.2, 0) is 7.05 Å². The molecule has 1 atom stereocenters. The predicted molar refractivity (Wildman–Crippen MR) is 143 cm³/mol. The Hall–Kier alpha value is -4.11. The van der Waals surface area contributed by atoms with E-state index < -0.39 is 11.5 Å². The van der Waals surface area contributed by atoms with Crippen molar-refractivity contribution in [2.24, 2.45) is 7.05 Å². The van der Waals surface area contributed by atoms with Gasteiger partial charge in [-0.2, -0.15) is 5.10 Å². The molecule has 9 nitrogen and oxygen atoms in total. The van der Waals surface area contributed by atoms with E-state index in [9.17, 15) is 14.7 Å². The number of nitrogens with one attached hydrogen (secondary N) is 1. The third-order valence-corrected chi connectivity index (χ3v) is 6.87. The van der Waals surface area contributed by atoms with Gasteiger partial charge in [-0.3, -0.25) is 19.3 Å². The molecule has 0 saturated carbocycles. The summed E-state index contributed by atoms with van der Waals surface area (Å²) in [4.78, 5) is 37.6. The van der Waals surface area contributed by atoms with E-state index >= 15 is 0 Å². The molecule has 37 heavy (non-hydrogen) atoms. The van der Waals surface area contributed by atoms with Gasteiger partial charge >= 0.3 is 0 Å². The van der Waals surface area contributed by atoms with E-state index in [1.165, 1.54) is 0 Å². The number of amides is 1. The lowest BCUT2D eigenvalue weighted by molar-refractivity contribution is 0.0786. The quantitative estimate of drug-likeness (QED) is 0.393. The molecule has 1 fully saturated rings. The average molecular weight is 519 g/mol. The van der Waals surface area contributed by atoms with E-state index in [4.69, 9.17) is 11.6 Å². The van der Waals surface area contributed by atoms with Gasteiger partial charge < -0.3 is 19.9 Å². The summed E-state index contributed by atoms with van der Waals surface area (Å²) in [5, 5.41) is 16.5. The Balaban J connectivity index is 1.57. The van der Waals surface area contributed by atoms with Gasteiger partial charge in [-0.05, 0) is 43.7 Å². The summed E-state index contributed by atoms with van der Waals surface area (Å²) >= 11 is 5.96. The number of halogens is 1. The fraction of sp³-hybridized carbons (Fsp3) is 0.259. The second kappa shape index (κ2) is 10.1. The van der Waals surface area contributed by atoms with E-state index in [1.807, 2.05) is 48.2 Å². The number of aromatic amines is 1. The van der Waals surface area contributed by atoms with Gasteiger partial charge in [0.15, 0.2) is 5.75 Å². The number of H-pyrrole nitrogens is 1. The van der Waals surface area contributed by atoms with Gasteiger partial charge in [0.2, 0.25) is 0 Å². The third-order valence-electron chi connectivity index (χ3n) is 6.65. The number of aromatic hydroxyl groups is 1. The Labute approximate surface area is 219 Å². The number of nitrogens with zero attached hydrogens (tertiary/aromatic N) is 5. The Bertz CT molecular complexity index is 1480. The number of para-hydroxylation sites is 1. The summed E-state index contributed by atoms with van der Waals surface area (Å²) in [5.41, 5.74) is 1.84. The van der Waals surface area contributed by atoms with Crippen molar-refractivity contribution in [1.82, 2.24) is 24.6 Å². The molecule has 3 aromatic heterocycles. The highest BCUT2D eigenvalue weighted by Crippen LogP contribution is 2.41. The van der Waals surface area contributed by atoms with Crippen LogP contribution in [0.25, 0.3) is 11.4 Å². The van der Waals surface area contributed by atoms with Gasteiger partial charge in [0.05, 0.1) is 10.7 Å². The second-order valence-corrected chi connectivity index (χ2v) is 9.43. The van der Waals surface area contributed by atoms with Gasteiger partial charge in [0, 0.05) is 56.4 Å². The van der Waals surface area contributed by atoms with Crippen molar-refractivity contribution < 1.29 is 9.90 Å². The number of rotatable bonds is 6. The van der Waals surface area contributed by atoms with Crippen molar-refractivity contribution in [1.29, 1.82) is 0 Å².